The maximum atomic E-state index is 6.16. The van der Waals surface area contributed by atoms with E-state index >= 15 is 0 Å². The van der Waals surface area contributed by atoms with Crippen LogP contribution in [0.4, 0.5) is 0 Å². The summed E-state index contributed by atoms with van der Waals surface area (Å²) in [4.78, 5) is 11.1. The highest BCUT2D eigenvalue weighted by Crippen LogP contribution is 2.27. The van der Waals surface area contributed by atoms with Crippen LogP contribution >= 0.6 is 11.6 Å². The monoisotopic (exact) mass is 283 g/mol. The minimum Gasteiger partial charge on any atom is -0.474 e. The molecule has 1 fully saturated rings. The SMILES string of the molecule is Cc1c(Cl)nc(C(C)C)nc1OC1CCN(C)CC1. The van der Waals surface area contributed by atoms with E-state index in [9.17, 15) is 0 Å². The Bertz CT molecular complexity index is 443. The first-order chi connectivity index (χ1) is 8.97. The number of aromatic nitrogens is 2. The molecule has 0 aliphatic carbocycles. The number of likely N-dealkylation sites (tertiary alicyclic amines) is 1. The molecule has 1 aromatic rings. The summed E-state index contributed by atoms with van der Waals surface area (Å²) in [6.07, 6.45) is 2.31. The van der Waals surface area contributed by atoms with E-state index in [4.69, 9.17) is 16.3 Å². The predicted molar refractivity (Wildman–Crippen MR) is 77.0 cm³/mol. The van der Waals surface area contributed by atoms with Crippen molar-refractivity contribution in [3.05, 3.63) is 16.5 Å². The molecule has 0 atom stereocenters. The highest BCUT2D eigenvalue weighted by atomic mass is 35.5. The summed E-state index contributed by atoms with van der Waals surface area (Å²) in [5.41, 5.74) is 0.838. The molecule has 19 heavy (non-hydrogen) atoms. The maximum Gasteiger partial charge on any atom is 0.221 e. The number of piperidine rings is 1. The van der Waals surface area contributed by atoms with Crippen LogP contribution in [0.1, 0.15) is 44.0 Å². The van der Waals surface area contributed by atoms with E-state index in [-0.39, 0.29) is 12.0 Å². The van der Waals surface area contributed by atoms with Crippen molar-refractivity contribution < 1.29 is 4.74 Å². The van der Waals surface area contributed by atoms with Gasteiger partial charge in [-0.05, 0) is 26.8 Å². The van der Waals surface area contributed by atoms with Crippen molar-refractivity contribution in [2.45, 2.75) is 45.6 Å². The molecule has 0 N–H and O–H groups in total. The van der Waals surface area contributed by atoms with Gasteiger partial charge < -0.3 is 9.64 Å². The van der Waals surface area contributed by atoms with Crippen molar-refractivity contribution in [1.82, 2.24) is 14.9 Å². The zero-order chi connectivity index (χ0) is 14.0. The van der Waals surface area contributed by atoms with Gasteiger partial charge in [0.1, 0.15) is 17.1 Å². The summed E-state index contributed by atoms with van der Waals surface area (Å²) in [5.74, 6) is 1.65. The highest BCUT2D eigenvalue weighted by Gasteiger charge is 2.21. The lowest BCUT2D eigenvalue weighted by atomic mass is 10.1. The van der Waals surface area contributed by atoms with Crippen molar-refractivity contribution in [2.24, 2.45) is 0 Å². The smallest absolute Gasteiger partial charge is 0.221 e. The van der Waals surface area contributed by atoms with E-state index in [2.05, 4.69) is 35.8 Å². The zero-order valence-electron chi connectivity index (χ0n) is 12.1. The van der Waals surface area contributed by atoms with Gasteiger partial charge in [-0.2, -0.15) is 4.98 Å². The standard InChI is InChI=1S/C14H22ClN3O/c1-9(2)13-16-12(15)10(3)14(17-13)19-11-5-7-18(4)8-6-11/h9,11H,5-8H2,1-4H3. The molecule has 0 bridgehead atoms. The average Bonchev–Trinajstić information content (AvgIpc) is 2.37. The lowest BCUT2D eigenvalue weighted by molar-refractivity contribution is 0.109. The Morgan fingerprint density at radius 1 is 1.26 bits per heavy atom. The first kappa shape index (κ1) is 14.5. The third-order valence-electron chi connectivity index (χ3n) is 3.52. The molecule has 5 heteroatoms. The molecule has 0 radical (unpaired) electrons. The second-order valence-electron chi connectivity index (χ2n) is 5.58. The Morgan fingerprint density at radius 2 is 1.89 bits per heavy atom. The summed E-state index contributed by atoms with van der Waals surface area (Å²) in [5, 5.41) is 0.502. The summed E-state index contributed by atoms with van der Waals surface area (Å²) >= 11 is 6.16. The molecule has 106 valence electrons. The number of hydrogen-bond donors (Lipinski definition) is 0. The Hall–Kier alpha value is -0.870. The molecule has 2 heterocycles. The van der Waals surface area contributed by atoms with Crippen molar-refractivity contribution in [2.75, 3.05) is 20.1 Å². The van der Waals surface area contributed by atoms with Gasteiger partial charge in [-0.25, -0.2) is 4.98 Å². The molecule has 0 spiro atoms. The van der Waals surface area contributed by atoms with Gasteiger partial charge in [0.25, 0.3) is 0 Å². The lowest BCUT2D eigenvalue weighted by Gasteiger charge is -2.29. The van der Waals surface area contributed by atoms with Crippen LogP contribution < -0.4 is 4.74 Å². The van der Waals surface area contributed by atoms with Gasteiger partial charge in [-0.3, -0.25) is 0 Å². The van der Waals surface area contributed by atoms with Crippen LogP contribution in [-0.2, 0) is 0 Å². The number of ether oxygens (including phenoxy) is 1. The van der Waals surface area contributed by atoms with Gasteiger partial charge in [0.2, 0.25) is 5.88 Å². The molecule has 0 saturated carbocycles. The van der Waals surface area contributed by atoms with E-state index in [1.165, 1.54) is 0 Å². The first-order valence-corrected chi connectivity index (χ1v) is 7.24. The lowest BCUT2D eigenvalue weighted by Crippen LogP contribution is -2.36. The second kappa shape index (κ2) is 6.06. The first-order valence-electron chi connectivity index (χ1n) is 6.86. The molecule has 1 aromatic heterocycles. The van der Waals surface area contributed by atoms with Gasteiger partial charge >= 0.3 is 0 Å². The normalized spacial score (nSPS) is 18.0. The van der Waals surface area contributed by atoms with Gasteiger partial charge in [-0.1, -0.05) is 25.4 Å². The molecule has 0 amide bonds. The Morgan fingerprint density at radius 3 is 2.47 bits per heavy atom. The third-order valence-corrected chi connectivity index (χ3v) is 3.89. The topological polar surface area (TPSA) is 38.3 Å². The zero-order valence-corrected chi connectivity index (χ0v) is 12.9. The van der Waals surface area contributed by atoms with Crippen LogP contribution in [0.25, 0.3) is 0 Å². The van der Waals surface area contributed by atoms with Crippen molar-refractivity contribution in [1.29, 1.82) is 0 Å². The highest BCUT2D eigenvalue weighted by molar-refractivity contribution is 6.30. The molecular weight excluding hydrogens is 262 g/mol. The van der Waals surface area contributed by atoms with Gasteiger partial charge in [0.05, 0.1) is 0 Å². The van der Waals surface area contributed by atoms with Gasteiger partial charge in [0.15, 0.2) is 0 Å². The molecule has 4 nitrogen and oxygen atoms in total. The van der Waals surface area contributed by atoms with E-state index < -0.39 is 0 Å². The van der Waals surface area contributed by atoms with Crippen LogP contribution in [0.5, 0.6) is 5.88 Å². The molecular formula is C14H22ClN3O. The van der Waals surface area contributed by atoms with Gasteiger partial charge in [0, 0.05) is 24.6 Å². The molecule has 0 unspecified atom stereocenters. The summed E-state index contributed by atoms with van der Waals surface area (Å²) in [6.45, 7) is 8.16. The van der Waals surface area contributed by atoms with E-state index in [1.807, 2.05) is 6.92 Å². The number of nitrogens with zero attached hydrogens (tertiary/aromatic N) is 3. The van der Waals surface area contributed by atoms with Crippen molar-refractivity contribution in [3.8, 4) is 5.88 Å². The Balaban J connectivity index is 2.15. The summed E-state index contributed by atoms with van der Waals surface area (Å²) in [7, 11) is 2.14. The quantitative estimate of drug-likeness (QED) is 0.799. The second-order valence-corrected chi connectivity index (χ2v) is 5.94. The third kappa shape index (κ3) is 3.57. The Kier molecular flexibility index (Phi) is 4.63. The number of halogens is 1. The fourth-order valence-corrected chi connectivity index (χ4v) is 2.29. The fraction of sp³-hybridized carbons (Fsp3) is 0.714. The number of hydrogen-bond acceptors (Lipinski definition) is 4. The molecule has 1 saturated heterocycles. The average molecular weight is 284 g/mol. The molecule has 2 rings (SSSR count). The summed E-state index contributed by atoms with van der Waals surface area (Å²) in [6, 6.07) is 0. The van der Waals surface area contributed by atoms with Crippen molar-refractivity contribution in [3.63, 3.8) is 0 Å². The van der Waals surface area contributed by atoms with Crippen LogP contribution in [0.15, 0.2) is 0 Å². The van der Waals surface area contributed by atoms with E-state index in [0.29, 0.717) is 11.0 Å². The Labute approximate surface area is 120 Å². The van der Waals surface area contributed by atoms with E-state index in [1.54, 1.807) is 0 Å². The van der Waals surface area contributed by atoms with E-state index in [0.717, 1.165) is 37.3 Å². The molecule has 0 aromatic carbocycles. The van der Waals surface area contributed by atoms with Crippen LogP contribution in [0.3, 0.4) is 0 Å². The van der Waals surface area contributed by atoms with Gasteiger partial charge in [-0.15, -0.1) is 0 Å². The molecule has 1 aliphatic heterocycles. The minimum absolute atomic E-state index is 0.237. The van der Waals surface area contributed by atoms with Crippen LogP contribution in [-0.4, -0.2) is 41.1 Å². The number of rotatable bonds is 3. The van der Waals surface area contributed by atoms with Crippen LogP contribution in [0.2, 0.25) is 5.15 Å². The van der Waals surface area contributed by atoms with Crippen LogP contribution in [0, 0.1) is 6.92 Å². The molecule has 1 aliphatic rings. The maximum absolute atomic E-state index is 6.16. The summed E-state index contributed by atoms with van der Waals surface area (Å²) < 4.78 is 6.04. The minimum atomic E-state index is 0.237. The predicted octanol–water partition coefficient (Wildman–Crippen LogP) is 3.03. The van der Waals surface area contributed by atoms with Crippen molar-refractivity contribution >= 4 is 11.6 Å². The largest absolute Gasteiger partial charge is 0.474 e. The fourth-order valence-electron chi connectivity index (χ4n) is 2.12.